The largest absolute Gasteiger partial charge is 0.476 e. The third-order valence-electron chi connectivity index (χ3n) is 3.36. The number of hydrogen-bond donors (Lipinski definition) is 2. The maximum absolute atomic E-state index is 12.2. The van der Waals surface area contributed by atoms with Crippen LogP contribution in [0.1, 0.15) is 45.1 Å². The Hall–Kier alpha value is -2.64. The van der Waals surface area contributed by atoms with Gasteiger partial charge in [0.2, 0.25) is 0 Å². The van der Waals surface area contributed by atoms with Crippen molar-refractivity contribution in [3.63, 3.8) is 0 Å². The van der Waals surface area contributed by atoms with Gasteiger partial charge in [-0.1, -0.05) is 0 Å². The van der Waals surface area contributed by atoms with Gasteiger partial charge >= 0.3 is 5.97 Å². The van der Waals surface area contributed by atoms with Gasteiger partial charge < -0.3 is 10.4 Å². The van der Waals surface area contributed by atoms with Gasteiger partial charge in [0.1, 0.15) is 0 Å². The molecule has 0 aliphatic heterocycles. The Labute approximate surface area is 121 Å². The van der Waals surface area contributed by atoms with Crippen molar-refractivity contribution in [1.82, 2.24) is 24.9 Å². The molecule has 0 fully saturated rings. The zero-order valence-electron chi connectivity index (χ0n) is 12.3. The predicted octanol–water partition coefficient (Wildman–Crippen LogP) is 0.651. The van der Waals surface area contributed by atoms with E-state index in [2.05, 4.69) is 15.5 Å². The monoisotopic (exact) mass is 291 g/mol. The first-order valence-corrected chi connectivity index (χ1v) is 6.37. The number of carbonyl (C=O) groups is 2. The van der Waals surface area contributed by atoms with Crippen LogP contribution in [-0.2, 0) is 14.1 Å². The molecule has 0 aliphatic carbocycles. The first kappa shape index (κ1) is 14.8. The third-order valence-corrected chi connectivity index (χ3v) is 3.36. The summed E-state index contributed by atoms with van der Waals surface area (Å²) in [4.78, 5) is 23.3. The number of carboxylic acid groups (broad SMARTS) is 1. The molecule has 0 radical (unpaired) electrons. The van der Waals surface area contributed by atoms with Crippen LogP contribution in [0.3, 0.4) is 0 Å². The molecule has 8 nitrogen and oxygen atoms in total. The molecule has 0 saturated heterocycles. The number of rotatable bonds is 4. The summed E-state index contributed by atoms with van der Waals surface area (Å²) >= 11 is 0. The number of carbonyl (C=O) groups excluding carboxylic acids is 1. The Bertz CT molecular complexity index is 701. The summed E-state index contributed by atoms with van der Waals surface area (Å²) in [6, 6.07) is -0.284. The van der Waals surface area contributed by atoms with Crippen LogP contribution in [0.2, 0.25) is 0 Å². The van der Waals surface area contributed by atoms with Crippen LogP contribution in [0, 0.1) is 6.92 Å². The lowest BCUT2D eigenvalue weighted by Gasteiger charge is -2.13. The van der Waals surface area contributed by atoms with Gasteiger partial charge in [0.15, 0.2) is 5.69 Å². The number of nitrogens with zero attached hydrogens (tertiary/aromatic N) is 4. The smallest absolute Gasteiger partial charge is 0.357 e. The molecule has 0 spiro atoms. The molecule has 0 aliphatic rings. The van der Waals surface area contributed by atoms with Crippen molar-refractivity contribution >= 4 is 11.9 Å². The summed E-state index contributed by atoms with van der Waals surface area (Å²) in [6.07, 6.45) is 3.07. The lowest BCUT2D eigenvalue weighted by Crippen LogP contribution is -2.28. The van der Waals surface area contributed by atoms with E-state index >= 15 is 0 Å². The standard InChI is InChI=1S/C13H17N5O3/c1-7(9-5-14-18(4)8(9)2)15-12(19)10-6-17(3)16-11(10)13(20)21/h5-7H,1-4H3,(H,15,19)(H,20,21). The van der Waals surface area contributed by atoms with Crippen molar-refractivity contribution in [2.45, 2.75) is 19.9 Å². The van der Waals surface area contributed by atoms with Crippen LogP contribution in [0.15, 0.2) is 12.4 Å². The van der Waals surface area contributed by atoms with Gasteiger partial charge in [-0.05, 0) is 13.8 Å². The summed E-state index contributed by atoms with van der Waals surface area (Å²) in [5.74, 6) is -1.71. The Morgan fingerprint density at radius 1 is 1.38 bits per heavy atom. The molecule has 2 aromatic heterocycles. The van der Waals surface area contributed by atoms with Gasteiger partial charge in [-0.3, -0.25) is 14.2 Å². The van der Waals surface area contributed by atoms with Gasteiger partial charge in [-0.2, -0.15) is 10.2 Å². The van der Waals surface area contributed by atoms with Gasteiger partial charge in [-0.25, -0.2) is 4.79 Å². The average Bonchev–Trinajstić information content (AvgIpc) is 2.94. The topological polar surface area (TPSA) is 102 Å². The van der Waals surface area contributed by atoms with Crippen LogP contribution >= 0.6 is 0 Å². The molecule has 0 aromatic carbocycles. The van der Waals surface area contributed by atoms with Crippen LogP contribution < -0.4 is 5.32 Å². The Morgan fingerprint density at radius 3 is 2.57 bits per heavy atom. The number of aromatic carboxylic acids is 1. The third kappa shape index (κ3) is 2.78. The SMILES string of the molecule is Cc1c(C(C)NC(=O)c2cn(C)nc2C(=O)O)cnn1C. The van der Waals surface area contributed by atoms with Crippen LogP contribution in [0.4, 0.5) is 0 Å². The summed E-state index contributed by atoms with van der Waals surface area (Å²) in [6.45, 7) is 3.72. The first-order valence-electron chi connectivity index (χ1n) is 6.37. The first-order chi connectivity index (χ1) is 9.81. The molecule has 112 valence electrons. The predicted molar refractivity (Wildman–Crippen MR) is 74.0 cm³/mol. The van der Waals surface area contributed by atoms with Crippen LogP contribution in [-0.4, -0.2) is 36.5 Å². The van der Waals surface area contributed by atoms with E-state index < -0.39 is 11.9 Å². The minimum atomic E-state index is -1.23. The van der Waals surface area contributed by atoms with Crippen molar-refractivity contribution in [1.29, 1.82) is 0 Å². The molecule has 21 heavy (non-hydrogen) atoms. The van der Waals surface area contributed by atoms with E-state index in [4.69, 9.17) is 5.11 Å². The second kappa shape index (κ2) is 5.39. The molecule has 2 rings (SSSR count). The second-order valence-electron chi connectivity index (χ2n) is 4.87. The fraction of sp³-hybridized carbons (Fsp3) is 0.385. The van der Waals surface area contributed by atoms with Gasteiger partial charge in [0, 0.05) is 31.5 Å². The summed E-state index contributed by atoms with van der Waals surface area (Å²) in [5, 5.41) is 19.7. The summed E-state index contributed by atoms with van der Waals surface area (Å²) in [7, 11) is 3.38. The quantitative estimate of drug-likeness (QED) is 0.861. The molecule has 0 bridgehead atoms. The zero-order chi connectivity index (χ0) is 15.7. The Kier molecular flexibility index (Phi) is 3.79. The Balaban J connectivity index is 2.22. The number of amides is 1. The molecule has 1 amide bonds. The van der Waals surface area contributed by atoms with E-state index in [9.17, 15) is 9.59 Å². The maximum Gasteiger partial charge on any atom is 0.357 e. The summed E-state index contributed by atoms with van der Waals surface area (Å²) in [5.41, 5.74) is 1.60. The highest BCUT2D eigenvalue weighted by molar-refractivity contribution is 6.03. The molecule has 8 heteroatoms. The van der Waals surface area contributed by atoms with Crippen molar-refractivity contribution < 1.29 is 14.7 Å². The minimum Gasteiger partial charge on any atom is -0.476 e. The number of aryl methyl sites for hydroxylation is 2. The lowest BCUT2D eigenvalue weighted by atomic mass is 10.1. The second-order valence-corrected chi connectivity index (χ2v) is 4.87. The molecule has 0 saturated carbocycles. The van der Waals surface area contributed by atoms with E-state index in [1.807, 2.05) is 20.9 Å². The van der Waals surface area contributed by atoms with Crippen molar-refractivity contribution in [3.05, 3.63) is 34.9 Å². The van der Waals surface area contributed by atoms with E-state index in [-0.39, 0.29) is 17.3 Å². The average molecular weight is 291 g/mol. The van der Waals surface area contributed by atoms with Crippen LogP contribution in [0.5, 0.6) is 0 Å². The molecule has 2 N–H and O–H groups in total. The minimum absolute atomic E-state index is 0.0402. The molecule has 2 heterocycles. The van der Waals surface area contributed by atoms with E-state index in [1.165, 1.54) is 10.9 Å². The van der Waals surface area contributed by atoms with Gasteiger partial charge in [0.05, 0.1) is 17.8 Å². The molecule has 1 atom stereocenters. The highest BCUT2D eigenvalue weighted by Gasteiger charge is 2.23. The highest BCUT2D eigenvalue weighted by atomic mass is 16.4. The van der Waals surface area contributed by atoms with Crippen molar-refractivity contribution in [3.8, 4) is 0 Å². The normalized spacial score (nSPS) is 12.2. The molecular formula is C13H17N5O3. The van der Waals surface area contributed by atoms with Gasteiger partial charge in [0.25, 0.3) is 5.91 Å². The maximum atomic E-state index is 12.2. The molecular weight excluding hydrogens is 274 g/mol. The van der Waals surface area contributed by atoms with Crippen molar-refractivity contribution in [2.75, 3.05) is 0 Å². The summed E-state index contributed by atoms with van der Waals surface area (Å²) < 4.78 is 3.02. The zero-order valence-corrected chi connectivity index (χ0v) is 12.3. The van der Waals surface area contributed by atoms with E-state index in [1.54, 1.807) is 17.9 Å². The number of hydrogen-bond acceptors (Lipinski definition) is 4. The fourth-order valence-electron chi connectivity index (χ4n) is 2.11. The molecule has 2 aromatic rings. The Morgan fingerprint density at radius 2 is 2.05 bits per heavy atom. The highest BCUT2D eigenvalue weighted by Crippen LogP contribution is 2.17. The van der Waals surface area contributed by atoms with Gasteiger partial charge in [-0.15, -0.1) is 0 Å². The number of nitrogens with one attached hydrogen (secondary N) is 1. The molecule has 1 unspecified atom stereocenters. The lowest BCUT2D eigenvalue weighted by molar-refractivity contribution is 0.0683. The number of aromatic nitrogens is 4. The number of carboxylic acids is 1. The fourth-order valence-corrected chi connectivity index (χ4v) is 2.11. The van der Waals surface area contributed by atoms with Crippen molar-refractivity contribution in [2.24, 2.45) is 14.1 Å². The van der Waals surface area contributed by atoms with E-state index in [0.717, 1.165) is 11.3 Å². The van der Waals surface area contributed by atoms with E-state index in [0.29, 0.717) is 0 Å². The van der Waals surface area contributed by atoms with Crippen LogP contribution in [0.25, 0.3) is 0 Å².